The number of benzene rings is 3. The number of aromatic nitrogens is 1. The molecule has 3 nitrogen and oxygen atoms in total. The fraction of sp³-hybridized carbons (Fsp3) is 0.316. The normalized spacial score (nSPS) is 12.7. The van der Waals surface area contributed by atoms with Gasteiger partial charge in [0.05, 0.1) is 0 Å². The molecule has 3 aromatic carbocycles. The Bertz CT molecular complexity index is 1260. The molecule has 4 aromatic rings. The zero-order valence-electron chi connectivity index (χ0n) is 26.3. The van der Waals surface area contributed by atoms with Gasteiger partial charge in [0.2, 0.25) is 0 Å². The van der Waals surface area contributed by atoms with Crippen LogP contribution in [0.5, 0.6) is 0 Å². The predicted octanol–water partition coefficient (Wildman–Crippen LogP) is 10.6. The average molecular weight is 736 g/mol. The Kier molecular flexibility index (Phi) is 12.1. The van der Waals surface area contributed by atoms with Gasteiger partial charge in [0.25, 0.3) is 0 Å². The topological polar surface area (TPSA) is 19.4 Å². The Morgan fingerprint density at radius 1 is 0.571 bits per heavy atom. The van der Waals surface area contributed by atoms with Crippen LogP contribution in [0.1, 0.15) is 101 Å². The van der Waals surface area contributed by atoms with Crippen molar-refractivity contribution in [2.45, 2.75) is 79.1 Å². The van der Waals surface area contributed by atoms with Crippen molar-refractivity contribution in [3.05, 3.63) is 132 Å². The van der Waals surface area contributed by atoms with Crippen molar-refractivity contribution >= 4 is 11.4 Å². The van der Waals surface area contributed by atoms with Gasteiger partial charge in [-0.25, -0.2) is 0 Å². The Balaban J connectivity index is 0.000000310. The first-order valence-electron chi connectivity index (χ1n) is 14.9. The molecule has 0 fully saturated rings. The van der Waals surface area contributed by atoms with Crippen molar-refractivity contribution in [3.8, 4) is 11.3 Å². The van der Waals surface area contributed by atoms with E-state index in [1.807, 2.05) is 42.5 Å². The molecule has 1 aliphatic heterocycles. The number of pyridine rings is 1. The molecule has 0 amide bonds. The van der Waals surface area contributed by atoms with E-state index in [4.69, 9.17) is 0 Å². The summed E-state index contributed by atoms with van der Waals surface area (Å²) in [4.78, 5) is 8.87. The molecule has 0 spiro atoms. The number of rotatable bonds is 7. The number of para-hydroxylation sites is 2. The van der Waals surface area contributed by atoms with E-state index in [1.54, 1.807) is 6.20 Å². The minimum atomic E-state index is 0. The zero-order chi connectivity index (χ0) is 29.5. The summed E-state index contributed by atoms with van der Waals surface area (Å²) in [5.74, 6) is 1.92. The molecule has 223 valence electrons. The predicted molar refractivity (Wildman–Crippen MR) is 176 cm³/mol. The van der Waals surface area contributed by atoms with Gasteiger partial charge in [0, 0.05) is 37.7 Å². The maximum Gasteiger partial charge on any atom is 0.0195 e. The van der Waals surface area contributed by atoms with Gasteiger partial charge >= 0.3 is 0 Å². The number of nitrogens with zero attached hydrogens (tertiary/aromatic N) is 3. The van der Waals surface area contributed by atoms with Crippen LogP contribution in [0.25, 0.3) is 11.3 Å². The van der Waals surface area contributed by atoms with E-state index < -0.39 is 0 Å². The monoisotopic (exact) mass is 736 g/mol. The summed E-state index contributed by atoms with van der Waals surface area (Å²) in [6.45, 7) is 20.5. The van der Waals surface area contributed by atoms with E-state index in [2.05, 4.69) is 132 Å². The van der Waals surface area contributed by atoms with Gasteiger partial charge in [0.1, 0.15) is 0 Å². The molecule has 4 heteroatoms. The molecule has 0 aliphatic carbocycles. The van der Waals surface area contributed by atoms with E-state index in [1.165, 1.54) is 33.6 Å². The van der Waals surface area contributed by atoms with Crippen LogP contribution in [0.15, 0.2) is 97.5 Å². The molecule has 0 saturated heterocycles. The van der Waals surface area contributed by atoms with Crippen LogP contribution >= 0.6 is 0 Å². The summed E-state index contributed by atoms with van der Waals surface area (Å²) < 4.78 is 0. The molecule has 0 N–H and O–H groups in total. The second-order valence-corrected chi connectivity index (χ2v) is 11.9. The van der Waals surface area contributed by atoms with Crippen molar-refractivity contribution in [3.63, 3.8) is 0 Å². The molecule has 1 radical (unpaired) electrons. The standard InChI is InChI=1S/C27H37N2.C11H8N.Ir/c1-18(2)22-11-9-12-23(19(3)4)26(22)28-15-16-29(17-28)27-24(20(5)6)13-10-14-25(27)21(7)8;1-2-6-10(7-3-1)11-8-4-5-9-12-11;/h9-21H,1-8H3;1-6,8-9H;/q2*-1;. The van der Waals surface area contributed by atoms with Crippen LogP contribution in [-0.4, -0.2) is 4.98 Å². The number of hydrogen-bond donors (Lipinski definition) is 0. The van der Waals surface area contributed by atoms with Crippen molar-refractivity contribution in [2.75, 3.05) is 9.80 Å². The summed E-state index contributed by atoms with van der Waals surface area (Å²) in [6.07, 6.45) is 6.22. The largest absolute Gasteiger partial charge is 0.479 e. The quantitative estimate of drug-likeness (QED) is 0.176. The van der Waals surface area contributed by atoms with Crippen LogP contribution in [0.3, 0.4) is 0 Å². The fourth-order valence-electron chi connectivity index (χ4n) is 5.31. The van der Waals surface area contributed by atoms with Crippen LogP contribution in [0.2, 0.25) is 0 Å². The number of hydrogen-bond acceptors (Lipinski definition) is 3. The molecule has 5 rings (SSSR count). The maximum absolute atomic E-state index is 4.22. The van der Waals surface area contributed by atoms with Crippen molar-refractivity contribution in [1.82, 2.24) is 4.98 Å². The molecule has 2 heterocycles. The third-order valence-electron chi connectivity index (χ3n) is 7.49. The van der Waals surface area contributed by atoms with Crippen molar-refractivity contribution in [1.29, 1.82) is 0 Å². The maximum atomic E-state index is 4.22. The van der Waals surface area contributed by atoms with Crippen molar-refractivity contribution in [2.24, 2.45) is 0 Å². The van der Waals surface area contributed by atoms with E-state index in [0.29, 0.717) is 23.7 Å². The molecular weight excluding hydrogens is 691 g/mol. The van der Waals surface area contributed by atoms with Crippen LogP contribution in [0, 0.1) is 12.7 Å². The van der Waals surface area contributed by atoms with Gasteiger partial charge in [-0.05, 0) is 70.1 Å². The summed E-state index contributed by atoms with van der Waals surface area (Å²) in [5.41, 5.74) is 10.3. The first kappa shape index (κ1) is 33.3. The van der Waals surface area contributed by atoms with Gasteiger partial charge in [-0.15, -0.1) is 42.6 Å². The Hall–Kier alpha value is -3.20. The summed E-state index contributed by atoms with van der Waals surface area (Å²) in [5, 5.41) is 0. The van der Waals surface area contributed by atoms with Gasteiger partial charge in [-0.2, -0.15) is 0 Å². The Morgan fingerprint density at radius 3 is 1.38 bits per heavy atom. The van der Waals surface area contributed by atoms with E-state index in [-0.39, 0.29) is 20.1 Å². The first-order chi connectivity index (χ1) is 19.7. The Labute approximate surface area is 268 Å². The number of anilines is 2. The van der Waals surface area contributed by atoms with Crippen LogP contribution in [0.4, 0.5) is 11.4 Å². The van der Waals surface area contributed by atoms with Crippen molar-refractivity contribution < 1.29 is 20.1 Å². The Morgan fingerprint density at radius 2 is 1.02 bits per heavy atom. The van der Waals surface area contributed by atoms with E-state index in [9.17, 15) is 0 Å². The molecule has 0 atom stereocenters. The van der Waals surface area contributed by atoms with Gasteiger partial charge in [0.15, 0.2) is 0 Å². The molecule has 42 heavy (non-hydrogen) atoms. The molecule has 0 unspecified atom stereocenters. The summed E-state index contributed by atoms with van der Waals surface area (Å²) in [6, 6.07) is 30.3. The van der Waals surface area contributed by atoms with Gasteiger partial charge < -0.3 is 14.8 Å². The third kappa shape index (κ3) is 7.79. The molecule has 0 saturated carbocycles. The van der Waals surface area contributed by atoms with Crippen LogP contribution in [-0.2, 0) is 20.1 Å². The average Bonchev–Trinajstić information content (AvgIpc) is 3.47. The molecule has 1 aromatic heterocycles. The molecular formula is C38H45IrN3-2. The first-order valence-corrected chi connectivity index (χ1v) is 14.9. The smallest absolute Gasteiger partial charge is 0.0195 e. The van der Waals surface area contributed by atoms with Gasteiger partial charge in [-0.1, -0.05) is 104 Å². The molecule has 0 bridgehead atoms. The van der Waals surface area contributed by atoms with E-state index in [0.717, 1.165) is 11.3 Å². The minimum absolute atomic E-state index is 0. The third-order valence-corrected chi connectivity index (χ3v) is 7.49. The summed E-state index contributed by atoms with van der Waals surface area (Å²) in [7, 11) is 0. The minimum Gasteiger partial charge on any atom is -0.479 e. The molecule has 1 aliphatic rings. The summed E-state index contributed by atoms with van der Waals surface area (Å²) >= 11 is 0. The van der Waals surface area contributed by atoms with Crippen LogP contribution < -0.4 is 9.80 Å². The van der Waals surface area contributed by atoms with Gasteiger partial charge in [-0.3, -0.25) is 0 Å². The second kappa shape index (κ2) is 15.3. The zero-order valence-corrected chi connectivity index (χ0v) is 28.7. The second-order valence-electron chi connectivity index (χ2n) is 11.9. The SMILES string of the molecule is CC(C)c1cccc(C(C)C)c1N1C=CN(c2c(C(C)C)cccc2C(C)C)[CH-]1.[Ir].[c-]1ccccc1-c1ccccn1. The van der Waals surface area contributed by atoms with E-state index >= 15 is 0 Å². The fourth-order valence-corrected chi connectivity index (χ4v) is 5.31.